The van der Waals surface area contributed by atoms with Gasteiger partial charge in [0.15, 0.2) is 0 Å². The van der Waals surface area contributed by atoms with E-state index in [1.165, 1.54) is 30.5 Å². The summed E-state index contributed by atoms with van der Waals surface area (Å²) in [6.07, 6.45) is 4.13. The average molecular weight is 309 g/mol. The van der Waals surface area contributed by atoms with Crippen LogP contribution in [0.4, 0.5) is 5.69 Å². The van der Waals surface area contributed by atoms with Crippen molar-refractivity contribution in [2.24, 2.45) is 0 Å². The Morgan fingerprint density at radius 2 is 2.24 bits per heavy atom. The van der Waals surface area contributed by atoms with Gasteiger partial charge in [0.25, 0.3) is 0 Å². The molecule has 1 aromatic carbocycles. The van der Waals surface area contributed by atoms with E-state index in [1.54, 1.807) is 0 Å². The van der Waals surface area contributed by atoms with Crippen LogP contribution in [0.2, 0.25) is 5.02 Å². The van der Waals surface area contributed by atoms with Crippen LogP contribution in [0.5, 0.6) is 0 Å². The summed E-state index contributed by atoms with van der Waals surface area (Å²) >= 11 is 6.48. The lowest BCUT2D eigenvalue weighted by Gasteiger charge is -2.39. The molecule has 0 aromatic heterocycles. The zero-order valence-corrected chi connectivity index (χ0v) is 13.7. The number of morpholine rings is 1. The van der Waals surface area contributed by atoms with Crippen LogP contribution < -0.4 is 10.2 Å². The van der Waals surface area contributed by atoms with E-state index in [2.05, 4.69) is 42.3 Å². The lowest BCUT2D eigenvalue weighted by molar-refractivity contribution is 0.0256. The van der Waals surface area contributed by atoms with E-state index in [4.69, 9.17) is 16.3 Å². The molecule has 2 unspecified atom stereocenters. The second kappa shape index (κ2) is 6.55. The summed E-state index contributed by atoms with van der Waals surface area (Å²) in [6.45, 7) is 6.93. The molecule has 1 aliphatic carbocycles. The van der Waals surface area contributed by atoms with Gasteiger partial charge in [-0.2, -0.15) is 0 Å². The van der Waals surface area contributed by atoms with Crippen LogP contribution in [-0.2, 0) is 11.3 Å². The zero-order chi connectivity index (χ0) is 14.8. The van der Waals surface area contributed by atoms with Crippen molar-refractivity contribution in [3.05, 3.63) is 28.8 Å². The summed E-state index contributed by atoms with van der Waals surface area (Å²) < 4.78 is 5.89. The molecule has 4 heteroatoms. The van der Waals surface area contributed by atoms with Crippen molar-refractivity contribution in [3.8, 4) is 0 Å². The van der Waals surface area contributed by atoms with Gasteiger partial charge in [0.2, 0.25) is 0 Å². The van der Waals surface area contributed by atoms with Gasteiger partial charge in [-0.1, -0.05) is 31.5 Å². The molecule has 0 amide bonds. The van der Waals surface area contributed by atoms with Gasteiger partial charge in [-0.3, -0.25) is 0 Å². The van der Waals surface area contributed by atoms with Crippen LogP contribution in [0, 0.1) is 0 Å². The van der Waals surface area contributed by atoms with E-state index in [-0.39, 0.29) is 0 Å². The zero-order valence-electron chi connectivity index (χ0n) is 12.9. The highest BCUT2D eigenvalue weighted by atomic mass is 35.5. The van der Waals surface area contributed by atoms with E-state index < -0.39 is 0 Å². The summed E-state index contributed by atoms with van der Waals surface area (Å²) in [6, 6.07) is 7.50. The Bertz CT molecular complexity index is 492. The normalized spacial score (nSPS) is 25.4. The number of nitrogens with one attached hydrogen (secondary N) is 1. The highest BCUT2D eigenvalue weighted by Gasteiger charge is 2.36. The fourth-order valence-corrected chi connectivity index (χ4v) is 3.66. The van der Waals surface area contributed by atoms with Crippen LogP contribution >= 0.6 is 11.6 Å². The molecular formula is C17H25ClN2O. The number of fused-ring (bicyclic) bond motifs is 1. The summed E-state index contributed by atoms with van der Waals surface area (Å²) in [4.78, 5) is 2.49. The predicted molar refractivity (Wildman–Crippen MR) is 88.2 cm³/mol. The topological polar surface area (TPSA) is 24.5 Å². The molecule has 2 atom stereocenters. The Morgan fingerprint density at radius 3 is 3.00 bits per heavy atom. The Hall–Kier alpha value is -0.770. The van der Waals surface area contributed by atoms with Crippen LogP contribution in [0.15, 0.2) is 18.2 Å². The Balaban J connectivity index is 1.75. The van der Waals surface area contributed by atoms with Crippen molar-refractivity contribution in [2.75, 3.05) is 18.1 Å². The number of ether oxygens (including phenoxy) is 1. The monoisotopic (exact) mass is 308 g/mol. The Morgan fingerprint density at radius 1 is 1.38 bits per heavy atom. The maximum atomic E-state index is 6.48. The largest absolute Gasteiger partial charge is 0.374 e. The lowest BCUT2D eigenvalue weighted by atomic mass is 10.1. The van der Waals surface area contributed by atoms with Gasteiger partial charge >= 0.3 is 0 Å². The van der Waals surface area contributed by atoms with Gasteiger partial charge in [-0.25, -0.2) is 0 Å². The second-order valence-electron chi connectivity index (χ2n) is 6.41. The smallest absolute Gasteiger partial charge is 0.0779 e. The molecule has 0 radical (unpaired) electrons. The lowest BCUT2D eigenvalue weighted by Crippen LogP contribution is -2.48. The van der Waals surface area contributed by atoms with Crippen LogP contribution in [-0.4, -0.2) is 31.3 Å². The highest BCUT2D eigenvalue weighted by Crippen LogP contribution is 2.34. The average Bonchev–Trinajstić information content (AvgIpc) is 2.94. The number of nitrogens with zero attached hydrogens (tertiary/aromatic N) is 1. The minimum atomic E-state index is 0.416. The van der Waals surface area contributed by atoms with Crippen molar-refractivity contribution >= 4 is 17.3 Å². The van der Waals surface area contributed by atoms with Crippen molar-refractivity contribution in [1.82, 2.24) is 5.32 Å². The molecule has 116 valence electrons. The molecule has 0 spiro atoms. The summed E-state index contributed by atoms with van der Waals surface area (Å²) in [7, 11) is 0. The molecule has 3 rings (SSSR count). The van der Waals surface area contributed by atoms with Gasteiger partial charge in [-0.05, 0) is 37.0 Å². The third-order valence-electron chi connectivity index (χ3n) is 4.55. The molecule has 1 aromatic rings. The number of hydrogen-bond donors (Lipinski definition) is 1. The van der Waals surface area contributed by atoms with Crippen LogP contribution in [0.3, 0.4) is 0 Å². The highest BCUT2D eigenvalue weighted by molar-refractivity contribution is 6.31. The van der Waals surface area contributed by atoms with Crippen molar-refractivity contribution in [2.45, 2.75) is 57.8 Å². The Labute approximate surface area is 132 Å². The number of anilines is 1. The third-order valence-corrected chi connectivity index (χ3v) is 4.90. The van der Waals surface area contributed by atoms with E-state index >= 15 is 0 Å². The SMILES string of the molecule is CC(C)NCc1ccc(N2CCOC3CCCC32)cc1Cl. The van der Waals surface area contributed by atoms with Crippen molar-refractivity contribution in [1.29, 1.82) is 0 Å². The first-order valence-electron chi connectivity index (χ1n) is 8.05. The van der Waals surface area contributed by atoms with Gasteiger partial charge in [0.1, 0.15) is 0 Å². The molecule has 1 saturated heterocycles. The van der Waals surface area contributed by atoms with E-state index in [0.29, 0.717) is 18.2 Å². The Kier molecular flexibility index (Phi) is 4.72. The molecule has 2 fully saturated rings. The van der Waals surface area contributed by atoms with Crippen LogP contribution in [0.1, 0.15) is 38.7 Å². The first-order valence-corrected chi connectivity index (χ1v) is 8.43. The molecular weight excluding hydrogens is 284 g/mol. The molecule has 3 nitrogen and oxygen atoms in total. The van der Waals surface area contributed by atoms with Crippen molar-refractivity contribution < 1.29 is 4.74 Å². The number of hydrogen-bond acceptors (Lipinski definition) is 3. The fourth-order valence-electron chi connectivity index (χ4n) is 3.42. The van der Waals surface area contributed by atoms with E-state index in [9.17, 15) is 0 Å². The maximum absolute atomic E-state index is 6.48. The molecule has 0 bridgehead atoms. The molecule has 2 aliphatic rings. The number of halogens is 1. The first kappa shape index (κ1) is 15.1. The van der Waals surface area contributed by atoms with Gasteiger partial charge in [-0.15, -0.1) is 0 Å². The number of benzene rings is 1. The standard InChI is InChI=1S/C17H25ClN2O/c1-12(2)19-11-13-6-7-14(10-15(13)18)20-8-9-21-17-5-3-4-16(17)20/h6-7,10,12,16-17,19H,3-5,8-9,11H2,1-2H3. The number of rotatable bonds is 4. The van der Waals surface area contributed by atoms with Gasteiger partial charge in [0, 0.05) is 29.8 Å². The molecule has 21 heavy (non-hydrogen) atoms. The van der Waals surface area contributed by atoms with E-state index in [0.717, 1.165) is 24.7 Å². The molecule has 1 heterocycles. The van der Waals surface area contributed by atoms with Crippen molar-refractivity contribution in [3.63, 3.8) is 0 Å². The van der Waals surface area contributed by atoms with E-state index in [1.807, 2.05) is 0 Å². The fraction of sp³-hybridized carbons (Fsp3) is 0.647. The second-order valence-corrected chi connectivity index (χ2v) is 6.82. The quantitative estimate of drug-likeness (QED) is 0.920. The minimum Gasteiger partial charge on any atom is -0.374 e. The minimum absolute atomic E-state index is 0.416. The predicted octanol–water partition coefficient (Wildman–Crippen LogP) is 3.60. The molecule has 1 aliphatic heterocycles. The maximum Gasteiger partial charge on any atom is 0.0779 e. The molecule has 1 saturated carbocycles. The summed E-state index contributed by atoms with van der Waals surface area (Å²) in [5, 5.41) is 4.28. The summed E-state index contributed by atoms with van der Waals surface area (Å²) in [5.41, 5.74) is 2.42. The molecule has 1 N–H and O–H groups in total. The van der Waals surface area contributed by atoms with Gasteiger partial charge < -0.3 is 15.0 Å². The van der Waals surface area contributed by atoms with Gasteiger partial charge in [0.05, 0.1) is 18.8 Å². The summed E-state index contributed by atoms with van der Waals surface area (Å²) in [5.74, 6) is 0. The van der Waals surface area contributed by atoms with Crippen LogP contribution in [0.25, 0.3) is 0 Å². The first-order chi connectivity index (χ1) is 10.1. The third kappa shape index (κ3) is 3.36.